The predicted molar refractivity (Wildman–Crippen MR) is 73.4 cm³/mol. The van der Waals surface area contributed by atoms with Gasteiger partial charge in [-0.2, -0.15) is 0 Å². The van der Waals surface area contributed by atoms with Gasteiger partial charge >= 0.3 is 12.0 Å². The van der Waals surface area contributed by atoms with Crippen LogP contribution in [-0.4, -0.2) is 31.1 Å². The van der Waals surface area contributed by atoms with Crippen molar-refractivity contribution in [2.24, 2.45) is 0 Å². The second kappa shape index (κ2) is 6.70. The Kier molecular flexibility index (Phi) is 5.25. The predicted octanol–water partition coefficient (Wildman–Crippen LogP) is 1.30. The zero-order valence-electron chi connectivity index (χ0n) is 11.9. The Bertz CT molecular complexity index is 540. The second-order valence-electron chi connectivity index (χ2n) is 4.36. The number of ether oxygens (including phenoxy) is 1. The van der Waals surface area contributed by atoms with E-state index >= 15 is 0 Å². The van der Waals surface area contributed by atoms with E-state index in [4.69, 9.17) is 4.74 Å². The van der Waals surface area contributed by atoms with Gasteiger partial charge in [-0.15, -0.1) is 0 Å². The van der Waals surface area contributed by atoms with E-state index in [-0.39, 0.29) is 0 Å². The molecule has 0 heterocycles. The molecule has 1 atom stereocenters. The highest BCUT2D eigenvalue weighted by Gasteiger charge is 2.21. The minimum absolute atomic E-state index is 0.407. The lowest BCUT2D eigenvalue weighted by atomic mass is 10.0. The van der Waals surface area contributed by atoms with Crippen LogP contribution in [-0.2, 0) is 9.53 Å². The number of nitrogens with one attached hydrogen (secondary N) is 2. The van der Waals surface area contributed by atoms with Crippen LogP contribution < -0.4 is 10.6 Å². The van der Waals surface area contributed by atoms with Gasteiger partial charge in [0.05, 0.1) is 5.56 Å². The molecule has 0 aliphatic heterocycles. The van der Waals surface area contributed by atoms with E-state index in [1.807, 2.05) is 18.3 Å². The first-order chi connectivity index (χ1) is 9.36. The van der Waals surface area contributed by atoms with Crippen LogP contribution in [0.4, 0.5) is 4.79 Å². The number of carbonyl (C=O) groups is 3. The summed E-state index contributed by atoms with van der Waals surface area (Å²) in [5.74, 6) is -1.27. The fourth-order valence-corrected chi connectivity index (χ4v) is 1.53. The highest BCUT2D eigenvalue weighted by Crippen LogP contribution is 2.14. The molecule has 0 spiro atoms. The maximum Gasteiger partial charge on any atom is 0.339 e. The van der Waals surface area contributed by atoms with Crippen molar-refractivity contribution in [1.29, 1.82) is 0 Å². The summed E-state index contributed by atoms with van der Waals surface area (Å²) in [4.78, 5) is 34.6. The highest BCUT2D eigenvalue weighted by atomic mass is 16.5. The first-order valence-corrected chi connectivity index (χ1v) is 6.16. The minimum Gasteiger partial charge on any atom is -0.449 e. The number of esters is 1. The van der Waals surface area contributed by atoms with Gasteiger partial charge in [0.25, 0.3) is 5.91 Å². The average Bonchev–Trinajstić information content (AvgIpc) is 2.41. The van der Waals surface area contributed by atoms with Gasteiger partial charge in [-0.25, -0.2) is 9.59 Å². The second-order valence-corrected chi connectivity index (χ2v) is 4.36. The first kappa shape index (κ1) is 15.7. The fourth-order valence-electron chi connectivity index (χ4n) is 1.53. The van der Waals surface area contributed by atoms with Crippen LogP contribution in [0.25, 0.3) is 0 Å². The summed E-state index contributed by atoms with van der Waals surface area (Å²) in [6, 6.07) is 4.61. The molecular formula is C14H18N2O4. The number of benzene rings is 1. The Labute approximate surface area is 117 Å². The summed E-state index contributed by atoms with van der Waals surface area (Å²) in [5, 5.41) is 4.29. The molecule has 1 aromatic rings. The smallest absolute Gasteiger partial charge is 0.339 e. The standard InChI is InChI=1S/C14H18N2O4/c1-8-6-5-7-11(9(8)2)13(18)20-10(3)12(17)16-14(19)15-4/h5-7,10H,1-4H3,(H2,15,16,17,19). The number of carbonyl (C=O) groups excluding carboxylic acids is 3. The minimum atomic E-state index is -1.06. The lowest BCUT2D eigenvalue weighted by molar-refractivity contribution is -0.127. The summed E-state index contributed by atoms with van der Waals surface area (Å²) >= 11 is 0. The van der Waals surface area contributed by atoms with Crippen LogP contribution in [0.5, 0.6) is 0 Å². The molecule has 0 aromatic heterocycles. The molecule has 108 valence electrons. The molecule has 0 radical (unpaired) electrons. The molecule has 3 amide bonds. The van der Waals surface area contributed by atoms with Gasteiger partial charge in [-0.1, -0.05) is 12.1 Å². The van der Waals surface area contributed by atoms with Crippen molar-refractivity contribution in [2.45, 2.75) is 26.9 Å². The van der Waals surface area contributed by atoms with Crippen molar-refractivity contribution in [3.63, 3.8) is 0 Å². The van der Waals surface area contributed by atoms with E-state index in [2.05, 4.69) is 5.32 Å². The summed E-state index contributed by atoms with van der Waals surface area (Å²) < 4.78 is 5.05. The van der Waals surface area contributed by atoms with Crippen molar-refractivity contribution in [3.05, 3.63) is 34.9 Å². The molecule has 0 aliphatic rings. The number of amides is 3. The molecule has 1 unspecified atom stereocenters. The van der Waals surface area contributed by atoms with Gasteiger partial charge in [-0.3, -0.25) is 10.1 Å². The van der Waals surface area contributed by atoms with Crippen molar-refractivity contribution >= 4 is 17.9 Å². The number of hydrogen-bond acceptors (Lipinski definition) is 4. The Morgan fingerprint density at radius 3 is 2.45 bits per heavy atom. The normalized spacial score (nSPS) is 11.4. The Morgan fingerprint density at radius 1 is 1.20 bits per heavy atom. The quantitative estimate of drug-likeness (QED) is 0.816. The van der Waals surface area contributed by atoms with Gasteiger partial charge in [0.1, 0.15) is 0 Å². The van der Waals surface area contributed by atoms with E-state index in [0.717, 1.165) is 11.1 Å². The molecule has 20 heavy (non-hydrogen) atoms. The van der Waals surface area contributed by atoms with Gasteiger partial charge in [0.15, 0.2) is 6.10 Å². The average molecular weight is 278 g/mol. The van der Waals surface area contributed by atoms with Crippen LogP contribution in [0.3, 0.4) is 0 Å². The SMILES string of the molecule is CNC(=O)NC(=O)C(C)OC(=O)c1cccc(C)c1C. The zero-order valence-corrected chi connectivity index (χ0v) is 11.9. The molecule has 0 fully saturated rings. The van der Waals surface area contributed by atoms with Crippen LogP contribution in [0, 0.1) is 13.8 Å². The summed E-state index contributed by atoms with van der Waals surface area (Å²) in [5.41, 5.74) is 2.17. The molecule has 1 rings (SSSR count). The van der Waals surface area contributed by atoms with Crippen molar-refractivity contribution < 1.29 is 19.1 Å². The summed E-state index contributed by atoms with van der Waals surface area (Å²) in [6.07, 6.45) is -1.06. The molecule has 6 heteroatoms. The molecule has 0 aliphatic carbocycles. The molecule has 0 saturated carbocycles. The molecular weight excluding hydrogens is 260 g/mol. The molecule has 6 nitrogen and oxygen atoms in total. The molecule has 2 N–H and O–H groups in total. The van der Waals surface area contributed by atoms with Gasteiger partial charge < -0.3 is 10.1 Å². The van der Waals surface area contributed by atoms with Gasteiger partial charge in [-0.05, 0) is 38.0 Å². The molecule has 1 aromatic carbocycles. The number of aryl methyl sites for hydroxylation is 1. The third kappa shape index (κ3) is 3.81. The van der Waals surface area contributed by atoms with E-state index in [1.54, 1.807) is 19.1 Å². The van der Waals surface area contributed by atoms with Crippen LogP contribution in [0.1, 0.15) is 28.4 Å². The van der Waals surface area contributed by atoms with E-state index in [9.17, 15) is 14.4 Å². The maximum atomic E-state index is 12.0. The van der Waals surface area contributed by atoms with E-state index in [1.165, 1.54) is 14.0 Å². The molecule has 0 saturated heterocycles. The van der Waals surface area contributed by atoms with Crippen molar-refractivity contribution in [3.8, 4) is 0 Å². The first-order valence-electron chi connectivity index (χ1n) is 6.16. The van der Waals surface area contributed by atoms with Crippen LogP contribution in [0.15, 0.2) is 18.2 Å². The van der Waals surface area contributed by atoms with Gasteiger partial charge in [0, 0.05) is 7.05 Å². The Hall–Kier alpha value is -2.37. The number of hydrogen-bond donors (Lipinski definition) is 2. The Morgan fingerprint density at radius 2 is 1.85 bits per heavy atom. The third-order valence-corrected chi connectivity index (χ3v) is 2.94. The zero-order chi connectivity index (χ0) is 15.3. The summed E-state index contributed by atoms with van der Waals surface area (Å²) in [6.45, 7) is 5.09. The number of rotatable bonds is 3. The number of urea groups is 1. The van der Waals surface area contributed by atoms with Gasteiger partial charge in [0.2, 0.25) is 0 Å². The van der Waals surface area contributed by atoms with Crippen molar-refractivity contribution in [1.82, 2.24) is 10.6 Å². The van der Waals surface area contributed by atoms with Crippen molar-refractivity contribution in [2.75, 3.05) is 7.05 Å². The lowest BCUT2D eigenvalue weighted by Gasteiger charge is -2.14. The third-order valence-electron chi connectivity index (χ3n) is 2.94. The van der Waals surface area contributed by atoms with Crippen LogP contribution in [0.2, 0.25) is 0 Å². The van der Waals surface area contributed by atoms with Crippen LogP contribution >= 0.6 is 0 Å². The fraction of sp³-hybridized carbons (Fsp3) is 0.357. The Balaban J connectivity index is 2.73. The maximum absolute atomic E-state index is 12.0. The largest absolute Gasteiger partial charge is 0.449 e. The molecule has 0 bridgehead atoms. The van der Waals surface area contributed by atoms with E-state index in [0.29, 0.717) is 5.56 Å². The monoisotopic (exact) mass is 278 g/mol. The lowest BCUT2D eigenvalue weighted by Crippen LogP contribution is -2.43. The topological polar surface area (TPSA) is 84.5 Å². The summed E-state index contributed by atoms with van der Waals surface area (Å²) in [7, 11) is 1.38. The number of imide groups is 1. The van der Waals surface area contributed by atoms with E-state index < -0.39 is 24.0 Å². The highest BCUT2D eigenvalue weighted by molar-refractivity contribution is 5.98.